The first-order chi connectivity index (χ1) is 8.65. The van der Waals surface area contributed by atoms with Crippen LogP contribution in [-0.2, 0) is 0 Å². The van der Waals surface area contributed by atoms with Crippen LogP contribution in [0.3, 0.4) is 0 Å². The van der Waals surface area contributed by atoms with Crippen molar-refractivity contribution in [2.75, 3.05) is 13.1 Å². The molecule has 1 fully saturated rings. The summed E-state index contributed by atoms with van der Waals surface area (Å²) >= 11 is 0. The largest absolute Gasteiger partial charge is 0.331 e. The van der Waals surface area contributed by atoms with Gasteiger partial charge in [0.15, 0.2) is 0 Å². The Kier molecular flexibility index (Phi) is 4.40. The van der Waals surface area contributed by atoms with Crippen LogP contribution in [0.15, 0.2) is 12.5 Å². The quantitative estimate of drug-likeness (QED) is 0.892. The zero-order valence-corrected chi connectivity index (χ0v) is 11.8. The molecule has 0 aliphatic carbocycles. The third kappa shape index (κ3) is 2.59. The average molecular weight is 250 g/mol. The number of hydrogen-bond donors (Lipinski definition) is 1. The van der Waals surface area contributed by atoms with Gasteiger partial charge in [0.2, 0.25) is 0 Å². The molecule has 0 amide bonds. The second kappa shape index (κ2) is 5.85. The van der Waals surface area contributed by atoms with Crippen LogP contribution in [0.2, 0.25) is 0 Å². The molecule has 1 aliphatic heterocycles. The van der Waals surface area contributed by atoms with Crippen LogP contribution < -0.4 is 5.73 Å². The standard InChI is InChI=1S/C14H26N4/c1-4-7-17-8-5-6-12(15)14(17)13-9-16-10-18(13)11(2)3/h9-12,14H,4-8,15H2,1-3H3. The molecule has 0 radical (unpaired) electrons. The molecule has 0 spiro atoms. The van der Waals surface area contributed by atoms with E-state index in [0.717, 1.165) is 19.5 Å². The fourth-order valence-corrected chi connectivity index (χ4v) is 3.02. The summed E-state index contributed by atoms with van der Waals surface area (Å²) in [6.07, 6.45) is 7.45. The topological polar surface area (TPSA) is 47.1 Å². The summed E-state index contributed by atoms with van der Waals surface area (Å²) in [5.41, 5.74) is 7.66. The summed E-state index contributed by atoms with van der Waals surface area (Å²) in [6, 6.07) is 1.02. The van der Waals surface area contributed by atoms with Crippen molar-refractivity contribution in [3.8, 4) is 0 Å². The van der Waals surface area contributed by atoms with Crippen LogP contribution >= 0.6 is 0 Å². The molecule has 18 heavy (non-hydrogen) atoms. The molecule has 1 saturated heterocycles. The van der Waals surface area contributed by atoms with E-state index in [4.69, 9.17) is 5.73 Å². The number of aromatic nitrogens is 2. The van der Waals surface area contributed by atoms with Gasteiger partial charge in [0.1, 0.15) is 0 Å². The molecule has 2 heterocycles. The van der Waals surface area contributed by atoms with Gasteiger partial charge in [-0.1, -0.05) is 6.92 Å². The number of rotatable bonds is 4. The highest BCUT2D eigenvalue weighted by molar-refractivity contribution is 5.11. The first kappa shape index (κ1) is 13.6. The maximum atomic E-state index is 6.38. The van der Waals surface area contributed by atoms with E-state index in [9.17, 15) is 0 Å². The zero-order valence-electron chi connectivity index (χ0n) is 11.8. The first-order valence-corrected chi connectivity index (χ1v) is 7.16. The number of imidazole rings is 1. The van der Waals surface area contributed by atoms with Gasteiger partial charge in [-0.25, -0.2) is 4.98 Å². The van der Waals surface area contributed by atoms with Crippen molar-refractivity contribution in [3.63, 3.8) is 0 Å². The second-order valence-corrected chi connectivity index (χ2v) is 5.61. The minimum absolute atomic E-state index is 0.236. The van der Waals surface area contributed by atoms with E-state index in [1.807, 2.05) is 12.5 Å². The first-order valence-electron chi connectivity index (χ1n) is 7.16. The number of hydrogen-bond acceptors (Lipinski definition) is 3. The summed E-state index contributed by atoms with van der Waals surface area (Å²) in [6.45, 7) is 8.92. The van der Waals surface area contributed by atoms with Gasteiger partial charge in [0, 0.05) is 18.3 Å². The lowest BCUT2D eigenvalue weighted by Gasteiger charge is -2.40. The van der Waals surface area contributed by atoms with Crippen LogP contribution in [0.1, 0.15) is 57.8 Å². The smallest absolute Gasteiger partial charge is 0.0951 e. The molecule has 2 atom stereocenters. The van der Waals surface area contributed by atoms with E-state index in [0.29, 0.717) is 12.1 Å². The van der Waals surface area contributed by atoms with Crippen LogP contribution in [-0.4, -0.2) is 33.6 Å². The molecule has 2 unspecified atom stereocenters. The number of piperidine rings is 1. The second-order valence-electron chi connectivity index (χ2n) is 5.61. The van der Waals surface area contributed by atoms with Crippen molar-refractivity contribution in [2.45, 2.75) is 58.2 Å². The molecule has 0 bridgehead atoms. The number of nitrogens with zero attached hydrogens (tertiary/aromatic N) is 3. The highest BCUT2D eigenvalue weighted by Crippen LogP contribution is 2.31. The van der Waals surface area contributed by atoms with E-state index in [2.05, 4.69) is 35.2 Å². The van der Waals surface area contributed by atoms with Crippen molar-refractivity contribution >= 4 is 0 Å². The lowest BCUT2D eigenvalue weighted by atomic mass is 9.94. The van der Waals surface area contributed by atoms with Gasteiger partial charge >= 0.3 is 0 Å². The van der Waals surface area contributed by atoms with Crippen molar-refractivity contribution in [2.24, 2.45) is 5.73 Å². The predicted octanol–water partition coefficient (Wildman–Crippen LogP) is 2.34. The predicted molar refractivity (Wildman–Crippen MR) is 74.4 cm³/mol. The molecule has 4 heteroatoms. The molecule has 2 N–H and O–H groups in total. The summed E-state index contributed by atoms with van der Waals surface area (Å²) in [5, 5.41) is 0. The maximum Gasteiger partial charge on any atom is 0.0951 e. The molecule has 1 aromatic heterocycles. The summed E-state index contributed by atoms with van der Waals surface area (Å²) in [4.78, 5) is 6.86. The average Bonchev–Trinajstić information content (AvgIpc) is 2.78. The van der Waals surface area contributed by atoms with Crippen LogP contribution in [0.4, 0.5) is 0 Å². The third-order valence-electron chi connectivity index (χ3n) is 3.85. The minimum Gasteiger partial charge on any atom is -0.331 e. The van der Waals surface area contributed by atoms with Gasteiger partial charge in [-0.2, -0.15) is 0 Å². The van der Waals surface area contributed by atoms with E-state index in [-0.39, 0.29) is 6.04 Å². The van der Waals surface area contributed by atoms with Crippen LogP contribution in [0, 0.1) is 0 Å². The van der Waals surface area contributed by atoms with Crippen LogP contribution in [0.25, 0.3) is 0 Å². The minimum atomic E-state index is 0.236. The Morgan fingerprint density at radius 3 is 2.94 bits per heavy atom. The Hall–Kier alpha value is -0.870. The van der Waals surface area contributed by atoms with Gasteiger partial charge in [-0.15, -0.1) is 0 Å². The van der Waals surface area contributed by atoms with Crippen molar-refractivity contribution in [1.29, 1.82) is 0 Å². The van der Waals surface area contributed by atoms with Gasteiger partial charge < -0.3 is 10.3 Å². The normalized spacial score (nSPS) is 25.8. The molecule has 1 aliphatic rings. The molecule has 0 saturated carbocycles. The Balaban J connectivity index is 2.28. The lowest BCUT2D eigenvalue weighted by Crippen LogP contribution is -2.46. The lowest BCUT2D eigenvalue weighted by molar-refractivity contribution is 0.121. The summed E-state index contributed by atoms with van der Waals surface area (Å²) < 4.78 is 2.26. The number of nitrogens with two attached hydrogens (primary N) is 1. The maximum absolute atomic E-state index is 6.38. The molecule has 102 valence electrons. The van der Waals surface area contributed by atoms with Crippen LogP contribution in [0.5, 0.6) is 0 Å². The van der Waals surface area contributed by atoms with E-state index in [1.165, 1.54) is 18.5 Å². The van der Waals surface area contributed by atoms with Gasteiger partial charge in [-0.05, 0) is 46.2 Å². The van der Waals surface area contributed by atoms with Crippen molar-refractivity contribution in [1.82, 2.24) is 14.5 Å². The number of likely N-dealkylation sites (tertiary alicyclic amines) is 1. The van der Waals surface area contributed by atoms with E-state index >= 15 is 0 Å². The molecule has 2 rings (SSSR count). The van der Waals surface area contributed by atoms with Gasteiger partial charge in [-0.3, -0.25) is 4.90 Å². The SMILES string of the molecule is CCCN1CCCC(N)C1c1cncn1C(C)C. The fourth-order valence-electron chi connectivity index (χ4n) is 3.02. The molecule has 0 aromatic carbocycles. The fraction of sp³-hybridized carbons (Fsp3) is 0.786. The monoisotopic (exact) mass is 250 g/mol. The van der Waals surface area contributed by atoms with E-state index in [1.54, 1.807) is 0 Å². The van der Waals surface area contributed by atoms with Crippen molar-refractivity contribution in [3.05, 3.63) is 18.2 Å². The Labute approximate surface area is 110 Å². The summed E-state index contributed by atoms with van der Waals surface area (Å²) in [7, 11) is 0. The third-order valence-corrected chi connectivity index (χ3v) is 3.85. The molecule has 4 nitrogen and oxygen atoms in total. The highest BCUT2D eigenvalue weighted by Gasteiger charge is 2.32. The highest BCUT2D eigenvalue weighted by atomic mass is 15.2. The van der Waals surface area contributed by atoms with E-state index < -0.39 is 0 Å². The Morgan fingerprint density at radius 1 is 1.50 bits per heavy atom. The van der Waals surface area contributed by atoms with Gasteiger partial charge in [0.25, 0.3) is 0 Å². The van der Waals surface area contributed by atoms with Crippen molar-refractivity contribution < 1.29 is 0 Å². The molecular formula is C14H26N4. The molecule has 1 aromatic rings. The van der Waals surface area contributed by atoms with Gasteiger partial charge in [0.05, 0.1) is 18.1 Å². The zero-order chi connectivity index (χ0) is 13.1. The summed E-state index contributed by atoms with van der Waals surface area (Å²) in [5.74, 6) is 0. The molecular weight excluding hydrogens is 224 g/mol. The Bertz CT molecular complexity index is 370. The Morgan fingerprint density at radius 2 is 2.28 bits per heavy atom.